The number of benzene rings is 2. The zero-order valence-electron chi connectivity index (χ0n) is 14.9. The van der Waals surface area contributed by atoms with Gasteiger partial charge in [0.1, 0.15) is 0 Å². The van der Waals surface area contributed by atoms with Crippen LogP contribution in [0.3, 0.4) is 0 Å². The third-order valence-electron chi connectivity index (χ3n) is 2.41. The van der Waals surface area contributed by atoms with Crippen LogP contribution in [0, 0.1) is 13.8 Å². The molecule has 0 fully saturated rings. The van der Waals surface area contributed by atoms with Crippen molar-refractivity contribution in [3.05, 3.63) is 73.5 Å². The molecule has 2 nitrogen and oxygen atoms in total. The SMILES string of the molecule is [CH2-]c1ccc(SSN(C)C)cc1.[CH2-]c1ccc(SSN(C)C)cc1.[Ni+2]. The Hall–Kier alpha value is -0.00649. The van der Waals surface area contributed by atoms with Crippen molar-refractivity contribution in [1.29, 1.82) is 0 Å². The fourth-order valence-corrected chi connectivity index (χ4v) is 4.37. The Morgan fingerprint density at radius 2 is 0.880 bits per heavy atom. The molecule has 0 saturated heterocycles. The van der Waals surface area contributed by atoms with E-state index in [1.54, 1.807) is 43.5 Å². The smallest absolute Gasteiger partial charge is 0.247 e. The minimum absolute atomic E-state index is 0. The van der Waals surface area contributed by atoms with E-state index < -0.39 is 0 Å². The van der Waals surface area contributed by atoms with Crippen molar-refractivity contribution in [2.75, 3.05) is 28.2 Å². The van der Waals surface area contributed by atoms with Crippen molar-refractivity contribution in [2.24, 2.45) is 0 Å². The number of hydrogen-bond acceptors (Lipinski definition) is 6. The first kappa shape index (κ1) is 25.0. The molecule has 0 aliphatic heterocycles. The minimum atomic E-state index is 0. The van der Waals surface area contributed by atoms with Gasteiger partial charge in [0, 0.05) is 0 Å². The van der Waals surface area contributed by atoms with Crippen molar-refractivity contribution in [3.63, 3.8) is 0 Å². The molecule has 0 spiro atoms. The van der Waals surface area contributed by atoms with Crippen molar-refractivity contribution in [1.82, 2.24) is 8.61 Å². The summed E-state index contributed by atoms with van der Waals surface area (Å²) in [6.07, 6.45) is 0. The van der Waals surface area contributed by atoms with Gasteiger partial charge in [-0.15, -0.1) is 24.3 Å². The van der Waals surface area contributed by atoms with E-state index in [2.05, 4.69) is 46.7 Å². The third-order valence-corrected chi connectivity index (χ3v) is 7.48. The summed E-state index contributed by atoms with van der Waals surface area (Å²) in [5.74, 6) is 0. The maximum atomic E-state index is 3.83. The third kappa shape index (κ3) is 12.9. The van der Waals surface area contributed by atoms with Gasteiger partial charge < -0.3 is 0 Å². The van der Waals surface area contributed by atoms with Gasteiger partial charge in [-0.3, -0.25) is 0 Å². The Kier molecular flexibility index (Phi) is 14.1. The fraction of sp³-hybridized carbons (Fsp3) is 0.222. The first-order valence-electron chi connectivity index (χ1n) is 7.25. The zero-order valence-corrected chi connectivity index (χ0v) is 19.1. The number of nitrogens with zero attached hydrogens (tertiary/aromatic N) is 2. The summed E-state index contributed by atoms with van der Waals surface area (Å²) < 4.78 is 4.14. The molecule has 2 rings (SSSR count). The van der Waals surface area contributed by atoms with E-state index in [0.29, 0.717) is 0 Å². The summed E-state index contributed by atoms with van der Waals surface area (Å²) in [5, 5.41) is 0. The first-order valence-corrected chi connectivity index (χ1v) is 11.5. The van der Waals surface area contributed by atoms with Gasteiger partial charge in [-0.05, 0) is 81.5 Å². The Balaban J connectivity index is 0.000000443. The molecule has 7 heteroatoms. The maximum Gasteiger partial charge on any atom is 2.00 e. The molecule has 0 aromatic heterocycles. The summed E-state index contributed by atoms with van der Waals surface area (Å²) in [4.78, 5) is 2.53. The van der Waals surface area contributed by atoms with Crippen LogP contribution < -0.4 is 0 Å². The van der Waals surface area contributed by atoms with Gasteiger partial charge in [0.2, 0.25) is 0 Å². The van der Waals surface area contributed by atoms with E-state index >= 15 is 0 Å². The maximum absolute atomic E-state index is 3.83. The average molecular weight is 455 g/mol. The van der Waals surface area contributed by atoms with E-state index in [1.165, 1.54) is 9.79 Å². The molecule has 0 atom stereocenters. The predicted octanol–water partition coefficient (Wildman–Crippen LogP) is 6.17. The molecule has 0 aliphatic carbocycles. The summed E-state index contributed by atoms with van der Waals surface area (Å²) in [5.41, 5.74) is 2.13. The summed E-state index contributed by atoms with van der Waals surface area (Å²) >= 11 is 0. The van der Waals surface area contributed by atoms with Crippen LogP contribution in [0.15, 0.2) is 58.3 Å². The topological polar surface area (TPSA) is 6.48 Å². The molecule has 25 heavy (non-hydrogen) atoms. The predicted molar refractivity (Wildman–Crippen MR) is 116 cm³/mol. The summed E-state index contributed by atoms with van der Waals surface area (Å²) in [6.45, 7) is 7.66. The van der Waals surface area contributed by atoms with E-state index in [0.717, 1.165) is 11.1 Å². The molecule has 0 amide bonds. The second-order valence-corrected chi connectivity index (χ2v) is 10.2. The molecule has 2 aromatic carbocycles. The molecule has 0 unspecified atom stereocenters. The molecule has 0 heterocycles. The molecular formula is C18H24N2NiS4. The molecule has 0 aliphatic rings. The fourth-order valence-electron chi connectivity index (χ4n) is 1.33. The van der Waals surface area contributed by atoms with E-state index in [9.17, 15) is 0 Å². The van der Waals surface area contributed by atoms with Gasteiger partial charge in [0.25, 0.3) is 0 Å². The van der Waals surface area contributed by atoms with Gasteiger partial charge >= 0.3 is 16.5 Å². The van der Waals surface area contributed by atoms with Gasteiger partial charge in [-0.1, -0.05) is 0 Å². The molecule has 2 aromatic rings. The summed E-state index contributed by atoms with van der Waals surface area (Å²) in [6, 6.07) is 16.5. The second-order valence-electron chi connectivity index (χ2n) is 5.23. The molecule has 0 radical (unpaired) electrons. The molecular weight excluding hydrogens is 431 g/mol. The zero-order chi connectivity index (χ0) is 17.9. The average Bonchev–Trinajstić information content (AvgIpc) is 2.54. The van der Waals surface area contributed by atoms with Crippen LogP contribution in [0.4, 0.5) is 0 Å². The first-order chi connectivity index (χ1) is 11.4. The van der Waals surface area contributed by atoms with Crippen LogP contribution in [0.2, 0.25) is 0 Å². The summed E-state index contributed by atoms with van der Waals surface area (Å²) in [7, 11) is 15.1. The van der Waals surface area contributed by atoms with E-state index in [4.69, 9.17) is 0 Å². The number of rotatable bonds is 6. The van der Waals surface area contributed by atoms with Gasteiger partial charge in [0.15, 0.2) is 0 Å². The molecule has 0 bridgehead atoms. The van der Waals surface area contributed by atoms with Crippen LogP contribution >= 0.6 is 43.5 Å². The Labute approximate surface area is 179 Å². The normalized spacial score (nSPS) is 10.2. The standard InChI is InChI=1S/2C9H12NS2.Ni/c2*1-8-4-6-9(7-5-8)11-12-10(2)3;/h2*4-7H,1H2,2-3H3;/q2*-1;+2. The monoisotopic (exact) mass is 454 g/mol. The Morgan fingerprint density at radius 1 is 0.600 bits per heavy atom. The minimum Gasteiger partial charge on any atom is -0.247 e. The van der Waals surface area contributed by atoms with Gasteiger partial charge in [0.05, 0.1) is 0 Å². The van der Waals surface area contributed by atoms with E-state index in [-0.39, 0.29) is 16.5 Å². The van der Waals surface area contributed by atoms with Crippen LogP contribution in [0.1, 0.15) is 11.1 Å². The van der Waals surface area contributed by atoms with Crippen LogP contribution in [0.25, 0.3) is 0 Å². The quantitative estimate of drug-likeness (QED) is 0.221. The van der Waals surface area contributed by atoms with Crippen LogP contribution in [-0.4, -0.2) is 36.8 Å². The van der Waals surface area contributed by atoms with Crippen LogP contribution in [-0.2, 0) is 16.5 Å². The molecule has 140 valence electrons. The Morgan fingerprint density at radius 3 is 1.12 bits per heavy atom. The number of hydrogen-bond donors (Lipinski definition) is 0. The van der Waals surface area contributed by atoms with Crippen molar-refractivity contribution in [2.45, 2.75) is 9.79 Å². The van der Waals surface area contributed by atoms with Gasteiger partial charge in [-0.2, -0.15) is 49.2 Å². The van der Waals surface area contributed by atoms with Gasteiger partial charge in [-0.25, -0.2) is 8.61 Å². The largest absolute Gasteiger partial charge is 2.00 e. The second kappa shape index (κ2) is 14.1. The molecule has 0 saturated carbocycles. The van der Waals surface area contributed by atoms with Crippen molar-refractivity contribution >= 4 is 43.5 Å². The molecule has 0 N–H and O–H groups in total. The van der Waals surface area contributed by atoms with Crippen molar-refractivity contribution in [3.8, 4) is 0 Å². The van der Waals surface area contributed by atoms with Crippen molar-refractivity contribution < 1.29 is 16.5 Å². The Bertz CT molecular complexity index is 521. The van der Waals surface area contributed by atoms with Crippen LogP contribution in [0.5, 0.6) is 0 Å². The van der Waals surface area contributed by atoms with E-state index in [1.807, 2.05) is 52.5 Å².